The second-order valence-corrected chi connectivity index (χ2v) is 6.09. The molecule has 1 aliphatic rings. The summed E-state index contributed by atoms with van der Waals surface area (Å²) >= 11 is 0. The van der Waals surface area contributed by atoms with Crippen LogP contribution in [0.15, 0.2) is 30.5 Å². The van der Waals surface area contributed by atoms with Gasteiger partial charge in [0.1, 0.15) is 5.82 Å². The minimum Gasteiger partial charge on any atom is -0.477 e. The van der Waals surface area contributed by atoms with Crippen LogP contribution >= 0.6 is 0 Å². The number of rotatable bonds is 6. The Morgan fingerprint density at radius 2 is 2.08 bits per heavy atom. The van der Waals surface area contributed by atoms with Gasteiger partial charge in [0.05, 0.1) is 12.2 Å². The van der Waals surface area contributed by atoms with E-state index < -0.39 is 17.6 Å². The van der Waals surface area contributed by atoms with Gasteiger partial charge in [-0.1, -0.05) is 0 Å². The Hall–Kier alpha value is -2.96. The van der Waals surface area contributed by atoms with Crippen molar-refractivity contribution in [1.82, 2.24) is 4.98 Å². The lowest BCUT2D eigenvalue weighted by molar-refractivity contribution is 0.0995. The van der Waals surface area contributed by atoms with Crippen molar-refractivity contribution in [1.29, 1.82) is 0 Å². The predicted molar refractivity (Wildman–Crippen MR) is 90.1 cm³/mol. The molecule has 1 heterocycles. The highest BCUT2D eigenvalue weighted by Gasteiger charge is 2.22. The molecule has 0 unspecified atom stereocenters. The lowest BCUT2D eigenvalue weighted by Crippen LogP contribution is -2.16. The molecule has 1 aromatic carbocycles. The zero-order valence-corrected chi connectivity index (χ0v) is 13.7. The molecule has 3 N–H and O–H groups in total. The van der Waals surface area contributed by atoms with Gasteiger partial charge >= 0.3 is 0 Å². The molecule has 25 heavy (non-hydrogen) atoms. The van der Waals surface area contributed by atoms with Gasteiger partial charge in [0, 0.05) is 29.1 Å². The highest BCUT2D eigenvalue weighted by Crippen LogP contribution is 2.29. The number of carbonyl (C=O) groups excluding carboxylic acids is 2. The van der Waals surface area contributed by atoms with Crippen molar-refractivity contribution in [3.8, 4) is 5.88 Å². The molecule has 1 fully saturated rings. The maximum Gasteiger partial charge on any atom is 0.257 e. The van der Waals surface area contributed by atoms with Crippen LogP contribution in [0.1, 0.15) is 39.1 Å². The third-order valence-electron chi connectivity index (χ3n) is 4.04. The molecular weight excluding hydrogens is 325 g/mol. The van der Waals surface area contributed by atoms with Gasteiger partial charge in [0.2, 0.25) is 11.8 Å². The van der Waals surface area contributed by atoms with E-state index in [1.807, 2.05) is 0 Å². The van der Waals surface area contributed by atoms with Crippen molar-refractivity contribution in [2.45, 2.75) is 19.8 Å². The molecule has 1 aliphatic carbocycles. The first-order chi connectivity index (χ1) is 11.9. The van der Waals surface area contributed by atoms with Crippen LogP contribution in [0.25, 0.3) is 0 Å². The molecule has 3 rings (SSSR count). The first-order valence-corrected chi connectivity index (χ1v) is 7.94. The number of pyridine rings is 1. The smallest absolute Gasteiger partial charge is 0.257 e. The Kier molecular flexibility index (Phi) is 4.65. The Balaban J connectivity index is 1.72. The number of hydrogen-bond acceptors (Lipinski definition) is 4. The Bertz CT molecular complexity index is 817. The lowest BCUT2D eigenvalue weighted by atomic mass is 10.1. The number of carbonyl (C=O) groups is 2. The van der Waals surface area contributed by atoms with Crippen LogP contribution in [0.4, 0.5) is 10.1 Å². The number of aromatic nitrogens is 1. The van der Waals surface area contributed by atoms with Gasteiger partial charge in [-0.3, -0.25) is 9.59 Å². The zero-order chi connectivity index (χ0) is 18.0. The summed E-state index contributed by atoms with van der Waals surface area (Å²) in [5.41, 5.74) is 5.86. The van der Waals surface area contributed by atoms with E-state index in [1.54, 1.807) is 12.1 Å². The third kappa shape index (κ3) is 4.12. The van der Waals surface area contributed by atoms with Gasteiger partial charge in [-0.05, 0) is 43.9 Å². The maximum absolute atomic E-state index is 13.9. The van der Waals surface area contributed by atoms with Gasteiger partial charge in [0.15, 0.2) is 0 Å². The molecule has 1 aromatic heterocycles. The minimum absolute atomic E-state index is 0.0136. The first kappa shape index (κ1) is 16.9. The molecule has 2 amide bonds. The van der Waals surface area contributed by atoms with E-state index in [4.69, 9.17) is 10.5 Å². The van der Waals surface area contributed by atoms with Gasteiger partial charge < -0.3 is 15.8 Å². The maximum atomic E-state index is 13.9. The molecule has 2 aromatic rings. The summed E-state index contributed by atoms with van der Waals surface area (Å²) in [7, 11) is 0. The molecule has 0 spiro atoms. The predicted octanol–water partition coefficient (Wildman–Crippen LogP) is 2.67. The van der Waals surface area contributed by atoms with Crippen molar-refractivity contribution < 1.29 is 18.7 Å². The summed E-state index contributed by atoms with van der Waals surface area (Å²) in [4.78, 5) is 27.7. The van der Waals surface area contributed by atoms with Crippen LogP contribution in [-0.4, -0.2) is 23.4 Å². The monoisotopic (exact) mass is 343 g/mol. The van der Waals surface area contributed by atoms with Crippen LogP contribution in [-0.2, 0) is 0 Å². The average Bonchev–Trinajstić information content (AvgIpc) is 3.41. The highest BCUT2D eigenvalue weighted by atomic mass is 19.1. The molecule has 0 aliphatic heterocycles. The van der Waals surface area contributed by atoms with Crippen molar-refractivity contribution in [2.75, 3.05) is 11.9 Å². The van der Waals surface area contributed by atoms with Crippen LogP contribution in [0.3, 0.4) is 0 Å². The number of hydrogen-bond donors (Lipinski definition) is 2. The number of benzene rings is 1. The Morgan fingerprint density at radius 1 is 1.32 bits per heavy atom. The summed E-state index contributed by atoms with van der Waals surface area (Å²) in [6, 6.07) is 5.58. The van der Waals surface area contributed by atoms with Crippen LogP contribution < -0.4 is 15.8 Å². The fourth-order valence-electron chi connectivity index (χ4n) is 2.23. The number of nitrogens with zero attached hydrogens (tertiary/aromatic N) is 1. The van der Waals surface area contributed by atoms with Crippen LogP contribution in [0.5, 0.6) is 5.88 Å². The molecular formula is C18H18FN3O3. The number of amides is 2. The fourth-order valence-corrected chi connectivity index (χ4v) is 2.23. The number of anilines is 1. The molecule has 0 radical (unpaired) electrons. The normalized spacial score (nSPS) is 13.4. The summed E-state index contributed by atoms with van der Waals surface area (Å²) in [6.45, 7) is 2.14. The largest absolute Gasteiger partial charge is 0.477 e. The topological polar surface area (TPSA) is 94.3 Å². The van der Waals surface area contributed by atoms with Crippen molar-refractivity contribution >= 4 is 17.5 Å². The number of nitrogens with two attached hydrogens (primary N) is 1. The number of ether oxygens (including phenoxy) is 1. The SMILES string of the molecule is Cc1c(F)cc(C(N)=O)cc1NC(=O)c1ccc(OCC2CC2)nc1. The van der Waals surface area contributed by atoms with Gasteiger partial charge in [-0.15, -0.1) is 0 Å². The highest BCUT2D eigenvalue weighted by molar-refractivity contribution is 6.05. The molecule has 7 heteroatoms. The molecule has 6 nitrogen and oxygen atoms in total. The van der Waals surface area contributed by atoms with Crippen LogP contribution in [0.2, 0.25) is 0 Å². The molecule has 1 saturated carbocycles. The molecule has 130 valence electrons. The average molecular weight is 343 g/mol. The summed E-state index contributed by atoms with van der Waals surface area (Å²) in [6.07, 6.45) is 3.75. The molecule has 0 saturated heterocycles. The van der Waals surface area contributed by atoms with Crippen LogP contribution in [0, 0.1) is 18.7 Å². The van der Waals surface area contributed by atoms with E-state index in [1.165, 1.54) is 32.0 Å². The van der Waals surface area contributed by atoms with Gasteiger partial charge in [-0.25, -0.2) is 9.37 Å². The van der Waals surface area contributed by atoms with E-state index >= 15 is 0 Å². The zero-order valence-electron chi connectivity index (χ0n) is 13.7. The first-order valence-electron chi connectivity index (χ1n) is 7.94. The lowest BCUT2D eigenvalue weighted by Gasteiger charge is -2.11. The fraction of sp³-hybridized carbons (Fsp3) is 0.278. The number of halogens is 1. The van der Waals surface area contributed by atoms with E-state index in [9.17, 15) is 14.0 Å². The molecule has 0 bridgehead atoms. The van der Waals surface area contributed by atoms with Gasteiger partial charge in [-0.2, -0.15) is 0 Å². The van der Waals surface area contributed by atoms with Gasteiger partial charge in [0.25, 0.3) is 5.91 Å². The Labute approximate surface area is 144 Å². The summed E-state index contributed by atoms with van der Waals surface area (Å²) in [5, 5.41) is 2.57. The quantitative estimate of drug-likeness (QED) is 0.843. The van der Waals surface area contributed by atoms with Crippen molar-refractivity contribution in [3.05, 3.63) is 53.0 Å². The van der Waals surface area contributed by atoms with E-state index in [-0.39, 0.29) is 16.8 Å². The minimum atomic E-state index is -0.770. The number of primary amides is 1. The van der Waals surface area contributed by atoms with E-state index in [2.05, 4.69) is 10.3 Å². The van der Waals surface area contributed by atoms with E-state index in [0.29, 0.717) is 24.0 Å². The summed E-state index contributed by atoms with van der Waals surface area (Å²) < 4.78 is 19.4. The third-order valence-corrected chi connectivity index (χ3v) is 4.04. The van der Waals surface area contributed by atoms with E-state index in [0.717, 1.165) is 6.07 Å². The standard InChI is InChI=1S/C18H18FN3O3/c1-10-14(19)6-13(17(20)23)7-15(10)22-18(24)12-4-5-16(21-8-12)25-9-11-2-3-11/h4-8,11H,2-3,9H2,1H3,(H2,20,23)(H,22,24). The van der Waals surface area contributed by atoms with Crippen molar-refractivity contribution in [2.24, 2.45) is 11.7 Å². The second kappa shape index (κ2) is 6.88. The number of nitrogens with one attached hydrogen (secondary N) is 1. The Morgan fingerprint density at radius 3 is 2.68 bits per heavy atom. The summed E-state index contributed by atoms with van der Waals surface area (Å²) in [5.74, 6) is -0.784. The second-order valence-electron chi connectivity index (χ2n) is 6.09. The van der Waals surface area contributed by atoms with Crippen molar-refractivity contribution in [3.63, 3.8) is 0 Å². The molecule has 0 atom stereocenters.